The zero-order valence-electron chi connectivity index (χ0n) is 12.0. The first-order chi connectivity index (χ1) is 10.1. The molecule has 1 aliphatic rings. The molecule has 1 aliphatic heterocycles. The first-order valence-electron chi connectivity index (χ1n) is 7.17. The average molecular weight is 348 g/mol. The Morgan fingerprint density at radius 2 is 2.05 bits per heavy atom. The third-order valence-corrected chi connectivity index (χ3v) is 4.48. The van der Waals surface area contributed by atoms with Crippen LogP contribution >= 0.6 is 15.9 Å². The maximum atomic E-state index is 12.3. The number of nitrogens with one attached hydrogen (secondary N) is 1. The second kappa shape index (κ2) is 5.78. The number of amides is 1. The summed E-state index contributed by atoms with van der Waals surface area (Å²) in [5, 5.41) is 5.17. The second-order valence-corrected chi connectivity index (χ2v) is 6.71. The summed E-state index contributed by atoms with van der Waals surface area (Å²) in [7, 11) is 0. The highest BCUT2D eigenvalue weighted by atomic mass is 79.9. The van der Waals surface area contributed by atoms with Crippen LogP contribution in [0.4, 0.5) is 0 Å². The van der Waals surface area contributed by atoms with Gasteiger partial charge in [0.15, 0.2) is 0 Å². The van der Waals surface area contributed by atoms with Crippen LogP contribution in [0.15, 0.2) is 40.9 Å². The molecular formula is C17H18BrNO2. The summed E-state index contributed by atoms with van der Waals surface area (Å²) in [6.07, 6.45) is 2.07. The van der Waals surface area contributed by atoms with Gasteiger partial charge in [-0.1, -0.05) is 28.1 Å². The molecule has 1 unspecified atom stereocenters. The van der Waals surface area contributed by atoms with E-state index in [-0.39, 0.29) is 11.5 Å². The van der Waals surface area contributed by atoms with Gasteiger partial charge in [-0.3, -0.25) is 4.79 Å². The number of ether oxygens (including phenoxy) is 1. The monoisotopic (exact) mass is 347 g/mol. The number of rotatable bonds is 3. The van der Waals surface area contributed by atoms with E-state index >= 15 is 0 Å². The Kier molecular flexibility index (Phi) is 4.00. The van der Waals surface area contributed by atoms with Crippen molar-refractivity contribution in [1.29, 1.82) is 0 Å². The van der Waals surface area contributed by atoms with Crippen LogP contribution in [0.1, 0.15) is 30.1 Å². The fraction of sp³-hybridized carbons (Fsp3) is 0.353. The second-order valence-electron chi connectivity index (χ2n) is 5.79. The molecule has 0 saturated carbocycles. The molecule has 21 heavy (non-hydrogen) atoms. The van der Waals surface area contributed by atoms with Gasteiger partial charge in [-0.2, -0.15) is 0 Å². The number of fused-ring (bicyclic) bond motifs is 1. The number of hydrogen-bond acceptors (Lipinski definition) is 2. The van der Waals surface area contributed by atoms with Crippen LogP contribution in [0.25, 0.3) is 10.8 Å². The predicted molar refractivity (Wildman–Crippen MR) is 87.6 cm³/mol. The van der Waals surface area contributed by atoms with Crippen LogP contribution in [0, 0.1) is 0 Å². The molecule has 0 aromatic heterocycles. The summed E-state index contributed by atoms with van der Waals surface area (Å²) < 4.78 is 6.73. The lowest BCUT2D eigenvalue weighted by molar-refractivity contribution is 0.0206. The maximum absolute atomic E-state index is 12.3. The molecule has 0 bridgehead atoms. The van der Waals surface area contributed by atoms with E-state index in [1.54, 1.807) is 0 Å². The van der Waals surface area contributed by atoms with Crippen molar-refractivity contribution < 1.29 is 9.53 Å². The minimum absolute atomic E-state index is 0.0449. The average Bonchev–Trinajstić information content (AvgIpc) is 2.91. The van der Waals surface area contributed by atoms with E-state index in [4.69, 9.17) is 4.74 Å². The Morgan fingerprint density at radius 1 is 1.29 bits per heavy atom. The number of carbonyl (C=O) groups excluding carboxylic acids is 1. The van der Waals surface area contributed by atoms with Crippen molar-refractivity contribution in [3.8, 4) is 0 Å². The number of carbonyl (C=O) groups is 1. The van der Waals surface area contributed by atoms with Gasteiger partial charge in [-0.15, -0.1) is 0 Å². The van der Waals surface area contributed by atoms with E-state index in [0.717, 1.165) is 34.7 Å². The summed E-state index contributed by atoms with van der Waals surface area (Å²) in [5.74, 6) is -0.0449. The van der Waals surface area contributed by atoms with E-state index < -0.39 is 0 Å². The van der Waals surface area contributed by atoms with Gasteiger partial charge in [0.05, 0.1) is 5.60 Å². The van der Waals surface area contributed by atoms with E-state index in [2.05, 4.69) is 28.2 Å². The highest BCUT2D eigenvalue weighted by Crippen LogP contribution is 2.24. The smallest absolute Gasteiger partial charge is 0.251 e. The van der Waals surface area contributed by atoms with E-state index in [9.17, 15) is 4.79 Å². The molecule has 1 fully saturated rings. The Balaban J connectivity index is 1.73. The molecule has 1 heterocycles. The Hall–Kier alpha value is -1.39. The first-order valence-corrected chi connectivity index (χ1v) is 7.97. The zero-order chi connectivity index (χ0) is 14.9. The van der Waals surface area contributed by atoms with Crippen LogP contribution in [0.3, 0.4) is 0 Å². The van der Waals surface area contributed by atoms with Crippen molar-refractivity contribution in [3.63, 3.8) is 0 Å². The minimum atomic E-state index is -0.211. The quantitative estimate of drug-likeness (QED) is 0.914. The molecule has 3 nitrogen and oxygen atoms in total. The lowest BCUT2D eigenvalue weighted by Gasteiger charge is -2.23. The van der Waals surface area contributed by atoms with Gasteiger partial charge in [0, 0.05) is 23.2 Å². The molecule has 1 saturated heterocycles. The summed E-state index contributed by atoms with van der Waals surface area (Å²) in [5.41, 5.74) is 0.476. The van der Waals surface area contributed by atoms with Crippen molar-refractivity contribution in [2.45, 2.75) is 25.4 Å². The number of hydrogen-bond donors (Lipinski definition) is 1. The van der Waals surface area contributed by atoms with Crippen LogP contribution in [0.2, 0.25) is 0 Å². The molecule has 110 valence electrons. The van der Waals surface area contributed by atoms with Gasteiger partial charge in [0.1, 0.15) is 0 Å². The Labute approximate surface area is 132 Å². The molecule has 3 rings (SSSR count). The zero-order valence-corrected chi connectivity index (χ0v) is 13.6. The van der Waals surface area contributed by atoms with E-state index in [1.165, 1.54) is 0 Å². The van der Waals surface area contributed by atoms with Crippen molar-refractivity contribution >= 4 is 32.6 Å². The van der Waals surface area contributed by atoms with Gasteiger partial charge in [-0.05, 0) is 54.8 Å². The van der Waals surface area contributed by atoms with Crippen molar-refractivity contribution in [2.24, 2.45) is 0 Å². The van der Waals surface area contributed by atoms with Gasteiger partial charge in [-0.25, -0.2) is 0 Å². The van der Waals surface area contributed by atoms with Crippen LogP contribution < -0.4 is 5.32 Å². The predicted octanol–water partition coefficient (Wildman–Crippen LogP) is 3.90. The van der Waals surface area contributed by atoms with Gasteiger partial charge < -0.3 is 10.1 Å². The van der Waals surface area contributed by atoms with Crippen LogP contribution in [-0.4, -0.2) is 24.7 Å². The highest BCUT2D eigenvalue weighted by molar-refractivity contribution is 9.10. The van der Waals surface area contributed by atoms with Crippen molar-refractivity contribution in [1.82, 2.24) is 5.32 Å². The summed E-state index contributed by atoms with van der Waals surface area (Å²) in [6.45, 7) is 3.40. The molecule has 4 heteroatoms. The third-order valence-electron chi connectivity index (χ3n) is 3.99. The van der Waals surface area contributed by atoms with Gasteiger partial charge in [0.25, 0.3) is 5.91 Å². The molecule has 2 aromatic rings. The number of halogens is 1. The SMILES string of the molecule is CC1(CNC(=O)c2ccc3cc(Br)ccc3c2)CCCO1. The molecule has 0 radical (unpaired) electrons. The number of benzene rings is 2. The topological polar surface area (TPSA) is 38.3 Å². The van der Waals surface area contributed by atoms with Gasteiger partial charge in [0.2, 0.25) is 0 Å². The van der Waals surface area contributed by atoms with E-state index in [0.29, 0.717) is 12.1 Å². The maximum Gasteiger partial charge on any atom is 0.251 e. The molecular weight excluding hydrogens is 330 g/mol. The lowest BCUT2D eigenvalue weighted by atomic mass is 10.0. The van der Waals surface area contributed by atoms with Crippen LogP contribution in [-0.2, 0) is 4.74 Å². The molecule has 0 spiro atoms. The summed E-state index contributed by atoms with van der Waals surface area (Å²) >= 11 is 3.46. The molecule has 0 aliphatic carbocycles. The molecule has 2 aromatic carbocycles. The van der Waals surface area contributed by atoms with Gasteiger partial charge >= 0.3 is 0 Å². The normalized spacial score (nSPS) is 21.6. The van der Waals surface area contributed by atoms with Crippen molar-refractivity contribution in [2.75, 3.05) is 13.2 Å². The third kappa shape index (κ3) is 3.27. The van der Waals surface area contributed by atoms with Crippen LogP contribution in [0.5, 0.6) is 0 Å². The summed E-state index contributed by atoms with van der Waals surface area (Å²) in [6, 6.07) is 11.8. The fourth-order valence-electron chi connectivity index (χ4n) is 2.70. The van der Waals surface area contributed by atoms with Crippen molar-refractivity contribution in [3.05, 3.63) is 46.4 Å². The van der Waals surface area contributed by atoms with E-state index in [1.807, 2.05) is 36.4 Å². The minimum Gasteiger partial charge on any atom is -0.373 e. The standard InChI is InChI=1S/C17H18BrNO2/c1-17(7-2-8-21-17)11-19-16(20)14-4-3-13-10-15(18)6-5-12(13)9-14/h3-6,9-10H,2,7-8,11H2,1H3,(H,19,20). The highest BCUT2D eigenvalue weighted by Gasteiger charge is 2.30. The molecule has 1 atom stereocenters. The Bertz CT molecular complexity index is 678. The Morgan fingerprint density at radius 3 is 2.81 bits per heavy atom. The first kappa shape index (κ1) is 14.5. The largest absolute Gasteiger partial charge is 0.373 e. The lowest BCUT2D eigenvalue weighted by Crippen LogP contribution is -2.40. The summed E-state index contributed by atoms with van der Waals surface area (Å²) in [4.78, 5) is 12.3. The molecule has 1 amide bonds. The molecule has 1 N–H and O–H groups in total. The fourth-order valence-corrected chi connectivity index (χ4v) is 3.08.